The summed E-state index contributed by atoms with van der Waals surface area (Å²) in [6.45, 7) is 4.53. The van der Waals surface area contributed by atoms with Gasteiger partial charge in [0.15, 0.2) is 0 Å². The number of piperidine rings is 1. The topological polar surface area (TPSA) is 44.0 Å². The molecule has 0 aliphatic carbocycles. The third-order valence-electron chi connectivity index (χ3n) is 4.99. The lowest BCUT2D eigenvalue weighted by atomic mass is 9.96. The van der Waals surface area contributed by atoms with Gasteiger partial charge in [-0.05, 0) is 55.6 Å². The van der Waals surface area contributed by atoms with Crippen LogP contribution in [0.1, 0.15) is 18.4 Å². The van der Waals surface area contributed by atoms with Gasteiger partial charge >= 0.3 is 0 Å². The average Bonchev–Trinajstić information content (AvgIpc) is 3.10. The standard InChI is InChI=1S/C20H24N4/c1-2-4-17(5-3-1)15-24-10-8-16(9-11-24)13-21-19-6-7-20-18(12-19)14-22-23-20/h1-7,12,14,16,21H,8-11,13,15H2,(H,22,23). The largest absolute Gasteiger partial charge is 0.385 e. The molecule has 1 saturated heterocycles. The second-order valence-electron chi connectivity index (χ2n) is 6.76. The van der Waals surface area contributed by atoms with Gasteiger partial charge in [0.25, 0.3) is 0 Å². The van der Waals surface area contributed by atoms with E-state index in [9.17, 15) is 0 Å². The Morgan fingerprint density at radius 3 is 2.75 bits per heavy atom. The highest BCUT2D eigenvalue weighted by Gasteiger charge is 2.19. The van der Waals surface area contributed by atoms with Crippen LogP contribution < -0.4 is 5.32 Å². The van der Waals surface area contributed by atoms with Crippen molar-refractivity contribution in [2.24, 2.45) is 5.92 Å². The number of fused-ring (bicyclic) bond motifs is 1. The van der Waals surface area contributed by atoms with Crippen molar-refractivity contribution in [1.82, 2.24) is 15.1 Å². The van der Waals surface area contributed by atoms with Gasteiger partial charge in [-0.15, -0.1) is 0 Å². The molecule has 24 heavy (non-hydrogen) atoms. The molecule has 0 unspecified atom stereocenters. The molecule has 124 valence electrons. The van der Waals surface area contributed by atoms with Crippen LogP contribution in [0.2, 0.25) is 0 Å². The van der Waals surface area contributed by atoms with E-state index >= 15 is 0 Å². The van der Waals surface area contributed by atoms with Crippen molar-refractivity contribution >= 4 is 16.6 Å². The summed E-state index contributed by atoms with van der Waals surface area (Å²) >= 11 is 0. The van der Waals surface area contributed by atoms with Gasteiger partial charge in [0.05, 0.1) is 11.7 Å². The van der Waals surface area contributed by atoms with Crippen molar-refractivity contribution < 1.29 is 0 Å². The van der Waals surface area contributed by atoms with Gasteiger partial charge in [-0.25, -0.2) is 0 Å². The SMILES string of the molecule is c1ccc(CN2CCC(CNc3ccc4[nH]ncc4c3)CC2)cc1. The molecule has 2 N–H and O–H groups in total. The molecule has 1 aliphatic rings. The highest BCUT2D eigenvalue weighted by molar-refractivity contribution is 5.81. The van der Waals surface area contributed by atoms with E-state index < -0.39 is 0 Å². The van der Waals surface area contributed by atoms with Crippen LogP contribution in [-0.4, -0.2) is 34.7 Å². The maximum atomic E-state index is 4.08. The first-order chi connectivity index (χ1) is 11.9. The fraction of sp³-hybridized carbons (Fsp3) is 0.350. The van der Waals surface area contributed by atoms with Crippen molar-refractivity contribution in [2.45, 2.75) is 19.4 Å². The van der Waals surface area contributed by atoms with Gasteiger partial charge in [0.2, 0.25) is 0 Å². The maximum absolute atomic E-state index is 4.08. The Bertz CT molecular complexity index is 772. The minimum Gasteiger partial charge on any atom is -0.385 e. The summed E-state index contributed by atoms with van der Waals surface area (Å²) in [4.78, 5) is 2.57. The Hall–Kier alpha value is -2.33. The molecule has 0 atom stereocenters. The average molecular weight is 320 g/mol. The molecule has 0 bridgehead atoms. The predicted molar refractivity (Wildman–Crippen MR) is 99.0 cm³/mol. The maximum Gasteiger partial charge on any atom is 0.0651 e. The van der Waals surface area contributed by atoms with E-state index in [0.717, 1.165) is 29.9 Å². The second-order valence-corrected chi connectivity index (χ2v) is 6.76. The molecule has 0 spiro atoms. The van der Waals surface area contributed by atoms with E-state index in [2.05, 4.69) is 68.9 Å². The first-order valence-corrected chi connectivity index (χ1v) is 8.80. The monoisotopic (exact) mass is 320 g/mol. The Kier molecular flexibility index (Phi) is 4.47. The fourth-order valence-electron chi connectivity index (χ4n) is 3.51. The van der Waals surface area contributed by atoms with Crippen LogP contribution in [0, 0.1) is 5.92 Å². The van der Waals surface area contributed by atoms with Crippen LogP contribution >= 0.6 is 0 Å². The van der Waals surface area contributed by atoms with E-state index in [1.807, 2.05) is 6.20 Å². The summed E-state index contributed by atoms with van der Waals surface area (Å²) in [7, 11) is 0. The van der Waals surface area contributed by atoms with Crippen molar-refractivity contribution in [2.75, 3.05) is 25.0 Å². The van der Waals surface area contributed by atoms with Gasteiger partial charge in [-0.3, -0.25) is 10.00 Å². The highest BCUT2D eigenvalue weighted by Crippen LogP contribution is 2.21. The van der Waals surface area contributed by atoms with E-state index in [0.29, 0.717) is 0 Å². The number of hydrogen-bond donors (Lipinski definition) is 2. The van der Waals surface area contributed by atoms with Crippen molar-refractivity contribution in [3.8, 4) is 0 Å². The fourth-order valence-corrected chi connectivity index (χ4v) is 3.51. The molecule has 0 radical (unpaired) electrons. The third kappa shape index (κ3) is 3.60. The number of hydrogen-bond acceptors (Lipinski definition) is 3. The minimum absolute atomic E-state index is 0.761. The molecule has 4 rings (SSSR count). The molecule has 0 amide bonds. The van der Waals surface area contributed by atoms with E-state index in [1.54, 1.807) is 0 Å². The summed E-state index contributed by atoms with van der Waals surface area (Å²) < 4.78 is 0. The minimum atomic E-state index is 0.761. The van der Waals surface area contributed by atoms with Crippen LogP contribution in [0.3, 0.4) is 0 Å². The Balaban J connectivity index is 1.25. The molecule has 2 heterocycles. The van der Waals surface area contributed by atoms with Gasteiger partial charge in [-0.2, -0.15) is 5.10 Å². The third-order valence-corrected chi connectivity index (χ3v) is 4.99. The van der Waals surface area contributed by atoms with Crippen LogP contribution in [-0.2, 0) is 6.54 Å². The van der Waals surface area contributed by atoms with Crippen LogP contribution in [0.25, 0.3) is 10.9 Å². The zero-order valence-corrected chi connectivity index (χ0v) is 13.9. The predicted octanol–water partition coefficient (Wildman–Crippen LogP) is 3.89. The van der Waals surface area contributed by atoms with Gasteiger partial charge < -0.3 is 5.32 Å². The summed E-state index contributed by atoms with van der Waals surface area (Å²) in [5.74, 6) is 0.761. The lowest BCUT2D eigenvalue weighted by Gasteiger charge is -2.32. The van der Waals surface area contributed by atoms with Crippen LogP contribution in [0.15, 0.2) is 54.7 Å². The molecule has 3 aromatic rings. The number of anilines is 1. The molecular weight excluding hydrogens is 296 g/mol. The second kappa shape index (κ2) is 7.05. The Morgan fingerprint density at radius 2 is 1.92 bits per heavy atom. The molecule has 1 aromatic heterocycles. The Labute approximate surface area is 142 Å². The van der Waals surface area contributed by atoms with Gasteiger partial charge in [0, 0.05) is 24.2 Å². The number of benzene rings is 2. The molecular formula is C20H24N4. The first-order valence-electron chi connectivity index (χ1n) is 8.80. The summed E-state index contributed by atoms with van der Waals surface area (Å²) in [5, 5.41) is 11.8. The van der Waals surface area contributed by atoms with E-state index in [1.165, 1.54) is 37.2 Å². The molecule has 2 aromatic carbocycles. The molecule has 1 aliphatic heterocycles. The molecule has 0 saturated carbocycles. The van der Waals surface area contributed by atoms with Crippen molar-refractivity contribution in [3.63, 3.8) is 0 Å². The summed E-state index contributed by atoms with van der Waals surface area (Å²) in [6, 6.07) is 17.2. The van der Waals surface area contributed by atoms with Crippen LogP contribution in [0.5, 0.6) is 0 Å². The summed E-state index contributed by atoms with van der Waals surface area (Å²) in [5.41, 5.74) is 3.70. The number of nitrogens with zero attached hydrogens (tertiary/aromatic N) is 2. The van der Waals surface area contributed by atoms with Gasteiger partial charge in [0.1, 0.15) is 0 Å². The van der Waals surface area contributed by atoms with Crippen molar-refractivity contribution in [3.05, 3.63) is 60.3 Å². The Morgan fingerprint density at radius 1 is 1.08 bits per heavy atom. The number of aromatic nitrogens is 2. The number of likely N-dealkylation sites (tertiary alicyclic amines) is 1. The molecule has 4 heteroatoms. The number of rotatable bonds is 5. The zero-order chi connectivity index (χ0) is 16.2. The zero-order valence-electron chi connectivity index (χ0n) is 13.9. The van der Waals surface area contributed by atoms with E-state index in [-0.39, 0.29) is 0 Å². The number of nitrogens with one attached hydrogen (secondary N) is 2. The molecule has 1 fully saturated rings. The molecule has 4 nitrogen and oxygen atoms in total. The highest BCUT2D eigenvalue weighted by atomic mass is 15.1. The number of H-pyrrole nitrogens is 1. The normalized spacial score (nSPS) is 16.5. The first kappa shape index (κ1) is 15.2. The van der Waals surface area contributed by atoms with Crippen LogP contribution in [0.4, 0.5) is 5.69 Å². The summed E-state index contributed by atoms with van der Waals surface area (Å²) in [6.07, 6.45) is 4.42. The number of aromatic amines is 1. The lowest BCUT2D eigenvalue weighted by Crippen LogP contribution is -2.35. The smallest absolute Gasteiger partial charge is 0.0651 e. The quantitative estimate of drug-likeness (QED) is 0.749. The van der Waals surface area contributed by atoms with Gasteiger partial charge in [-0.1, -0.05) is 30.3 Å². The van der Waals surface area contributed by atoms with Crippen molar-refractivity contribution in [1.29, 1.82) is 0 Å². The van der Waals surface area contributed by atoms with E-state index in [4.69, 9.17) is 0 Å². The lowest BCUT2D eigenvalue weighted by molar-refractivity contribution is 0.182.